The van der Waals surface area contributed by atoms with Crippen LogP contribution in [0.5, 0.6) is 0 Å². The number of likely N-dealkylation sites (tertiary alicyclic amines) is 1. The monoisotopic (exact) mass is 479 g/mol. The molecule has 1 aliphatic heterocycles. The van der Waals surface area contributed by atoms with Gasteiger partial charge in [-0.15, -0.1) is 0 Å². The van der Waals surface area contributed by atoms with Gasteiger partial charge in [-0.25, -0.2) is 23.2 Å². The van der Waals surface area contributed by atoms with Gasteiger partial charge in [-0.2, -0.15) is 0 Å². The second-order valence-corrected chi connectivity index (χ2v) is 10.2. The molecule has 1 aromatic heterocycles. The molecule has 0 aliphatic carbocycles. The summed E-state index contributed by atoms with van der Waals surface area (Å²) in [6, 6.07) is 14.0. The van der Waals surface area contributed by atoms with Crippen molar-refractivity contribution in [2.75, 3.05) is 24.1 Å². The van der Waals surface area contributed by atoms with Crippen LogP contribution < -0.4 is 11.1 Å². The van der Waals surface area contributed by atoms with Gasteiger partial charge in [-0.3, -0.25) is 0 Å². The zero-order valence-corrected chi connectivity index (χ0v) is 19.1. The minimum absolute atomic E-state index is 0.217. The highest BCUT2D eigenvalue weighted by Gasteiger charge is 2.32. The highest BCUT2D eigenvalue weighted by molar-refractivity contribution is 7.92. The largest absolute Gasteiger partial charge is 0.465 e. The fraction of sp³-hybridized carbons (Fsp3) is 0.208. The van der Waals surface area contributed by atoms with Crippen LogP contribution in [0, 0.1) is 0 Å². The number of carbonyl (C=O) groups is 1. The van der Waals surface area contributed by atoms with E-state index in [0.717, 1.165) is 11.1 Å². The van der Waals surface area contributed by atoms with Gasteiger partial charge in [0.25, 0.3) is 0 Å². The molecule has 3 aromatic rings. The van der Waals surface area contributed by atoms with Crippen LogP contribution in [0.3, 0.4) is 0 Å². The molecule has 4 rings (SSSR count). The van der Waals surface area contributed by atoms with Crippen molar-refractivity contribution >= 4 is 45.4 Å². The number of nitrogens with two attached hydrogens (primary N) is 1. The topological polar surface area (TPSA) is 139 Å². The summed E-state index contributed by atoms with van der Waals surface area (Å²) in [6.45, 7) is 0.446. The van der Waals surface area contributed by atoms with E-state index in [4.69, 9.17) is 10.8 Å². The molecule has 1 fully saturated rings. The second kappa shape index (κ2) is 9.92. The molecule has 1 aliphatic rings. The zero-order valence-electron chi connectivity index (χ0n) is 18.3. The molecule has 4 N–H and O–H groups in total. The summed E-state index contributed by atoms with van der Waals surface area (Å²) in [4.78, 5) is 21.1. The Balaban J connectivity index is 1.37. The number of sulfone groups is 1. The maximum absolute atomic E-state index is 12.9. The number of amides is 1. The van der Waals surface area contributed by atoms with Crippen LogP contribution in [-0.2, 0) is 9.84 Å². The molecule has 0 radical (unpaired) electrons. The predicted molar refractivity (Wildman–Crippen MR) is 131 cm³/mol. The van der Waals surface area contributed by atoms with E-state index in [-0.39, 0.29) is 18.0 Å². The molecule has 0 atom stereocenters. The summed E-state index contributed by atoms with van der Waals surface area (Å²) in [5.41, 5.74) is 8.93. The van der Waals surface area contributed by atoms with Crippen molar-refractivity contribution in [2.24, 2.45) is 0 Å². The van der Waals surface area contributed by atoms with E-state index >= 15 is 0 Å². The number of nitrogens with one attached hydrogen (secondary N) is 1. The van der Waals surface area contributed by atoms with Crippen LogP contribution in [0.25, 0.3) is 12.2 Å². The summed E-state index contributed by atoms with van der Waals surface area (Å²) in [5.74, 6) is 0.387. The summed E-state index contributed by atoms with van der Waals surface area (Å²) in [6.07, 6.45) is 6.74. The van der Waals surface area contributed by atoms with Crippen LogP contribution in [0.15, 0.2) is 65.8 Å². The molecule has 10 heteroatoms. The zero-order chi connectivity index (χ0) is 24.1. The Morgan fingerprint density at radius 2 is 1.68 bits per heavy atom. The Labute approximate surface area is 197 Å². The predicted octanol–water partition coefficient (Wildman–Crippen LogP) is 3.89. The molecule has 0 bridgehead atoms. The van der Waals surface area contributed by atoms with Crippen molar-refractivity contribution in [1.82, 2.24) is 14.9 Å². The maximum atomic E-state index is 12.9. The van der Waals surface area contributed by atoms with Gasteiger partial charge in [-0.1, -0.05) is 24.3 Å². The van der Waals surface area contributed by atoms with E-state index in [1.165, 1.54) is 4.90 Å². The van der Waals surface area contributed by atoms with E-state index in [0.29, 0.717) is 30.2 Å². The molecule has 9 nitrogen and oxygen atoms in total. The third-order valence-corrected chi connectivity index (χ3v) is 7.92. The highest BCUT2D eigenvalue weighted by atomic mass is 32.2. The molecule has 0 spiro atoms. The summed E-state index contributed by atoms with van der Waals surface area (Å²) in [7, 11) is -3.53. The molecule has 1 saturated heterocycles. The van der Waals surface area contributed by atoms with Gasteiger partial charge in [0.2, 0.25) is 5.95 Å². The number of benzene rings is 2. The Kier molecular flexibility index (Phi) is 6.78. The van der Waals surface area contributed by atoms with Crippen molar-refractivity contribution in [3.63, 3.8) is 0 Å². The third-order valence-electron chi connectivity index (χ3n) is 5.64. The first-order valence-electron chi connectivity index (χ1n) is 10.8. The summed E-state index contributed by atoms with van der Waals surface area (Å²) < 4.78 is 25.9. The first-order chi connectivity index (χ1) is 16.3. The second-order valence-electron chi connectivity index (χ2n) is 8.01. The van der Waals surface area contributed by atoms with Gasteiger partial charge < -0.3 is 21.1 Å². The van der Waals surface area contributed by atoms with Crippen molar-refractivity contribution in [1.29, 1.82) is 0 Å². The number of hydrogen-bond acceptors (Lipinski definition) is 7. The van der Waals surface area contributed by atoms with Crippen molar-refractivity contribution in [2.45, 2.75) is 23.0 Å². The fourth-order valence-electron chi connectivity index (χ4n) is 3.75. The number of nitrogen functional groups attached to an aromatic ring is 1. The number of hydrogen-bond donors (Lipinski definition) is 3. The van der Waals surface area contributed by atoms with Crippen molar-refractivity contribution < 1.29 is 18.3 Å². The van der Waals surface area contributed by atoms with Crippen LogP contribution in [0.4, 0.5) is 22.1 Å². The molecule has 2 aromatic carbocycles. The van der Waals surface area contributed by atoms with Gasteiger partial charge in [-0.05, 0) is 54.8 Å². The molecular formula is C24H25N5O4S. The lowest BCUT2D eigenvalue weighted by Gasteiger charge is -2.29. The van der Waals surface area contributed by atoms with Crippen molar-refractivity contribution in [3.8, 4) is 0 Å². The molecular weight excluding hydrogens is 454 g/mol. The molecule has 176 valence electrons. The van der Waals surface area contributed by atoms with E-state index in [9.17, 15) is 13.2 Å². The van der Waals surface area contributed by atoms with Crippen LogP contribution in [0.2, 0.25) is 0 Å². The number of aromatic nitrogens is 2. The quantitative estimate of drug-likeness (QED) is 0.453. The minimum Gasteiger partial charge on any atom is -0.465 e. The van der Waals surface area contributed by atoms with Gasteiger partial charge in [0, 0.05) is 42.4 Å². The lowest BCUT2D eigenvalue weighted by atomic mass is 10.1. The average molecular weight is 480 g/mol. The Morgan fingerprint density at radius 1 is 1.03 bits per heavy atom. The van der Waals surface area contributed by atoms with E-state index < -0.39 is 21.2 Å². The number of carboxylic acid groups (broad SMARTS) is 1. The molecule has 34 heavy (non-hydrogen) atoms. The normalized spacial score (nSPS) is 14.9. The standard InChI is InChI=1S/C24H25N5O4S/c25-19-3-1-2-17(14-19)4-5-18-15-26-23(27-16-18)28-20-6-8-21(9-7-20)34(32,33)22-10-12-29(13-11-22)24(30)31/h1-9,14-16,22H,10-13,25H2,(H,30,31)(H,26,27,28)/b5-4+. The van der Waals surface area contributed by atoms with E-state index in [2.05, 4.69) is 15.3 Å². The number of nitrogens with zero attached hydrogens (tertiary/aromatic N) is 3. The molecule has 1 amide bonds. The Hall–Kier alpha value is -3.92. The highest BCUT2D eigenvalue weighted by Crippen LogP contribution is 2.26. The maximum Gasteiger partial charge on any atom is 0.407 e. The molecule has 0 saturated carbocycles. The summed E-state index contributed by atoms with van der Waals surface area (Å²) >= 11 is 0. The lowest BCUT2D eigenvalue weighted by molar-refractivity contribution is 0.136. The minimum atomic E-state index is -3.53. The van der Waals surface area contributed by atoms with Gasteiger partial charge in [0.05, 0.1) is 10.1 Å². The number of piperidine rings is 1. The average Bonchev–Trinajstić information content (AvgIpc) is 2.84. The Morgan fingerprint density at radius 3 is 2.29 bits per heavy atom. The van der Waals surface area contributed by atoms with Gasteiger partial charge in [0.1, 0.15) is 0 Å². The van der Waals surface area contributed by atoms with Crippen LogP contribution in [0.1, 0.15) is 24.0 Å². The number of anilines is 3. The third kappa shape index (κ3) is 5.52. The Bertz CT molecular complexity index is 1280. The van der Waals surface area contributed by atoms with E-state index in [1.54, 1.807) is 36.7 Å². The SMILES string of the molecule is Nc1cccc(/C=C/c2cnc(Nc3ccc(S(=O)(=O)C4CCN(C(=O)O)CC4)cc3)nc2)c1. The van der Waals surface area contributed by atoms with Crippen molar-refractivity contribution in [3.05, 3.63) is 72.1 Å². The van der Waals surface area contributed by atoms with Crippen LogP contribution in [-0.4, -0.2) is 52.8 Å². The van der Waals surface area contributed by atoms with Gasteiger partial charge >= 0.3 is 6.09 Å². The smallest absolute Gasteiger partial charge is 0.407 e. The first-order valence-corrected chi connectivity index (χ1v) is 12.3. The van der Waals surface area contributed by atoms with E-state index in [1.807, 2.05) is 36.4 Å². The molecule has 2 heterocycles. The number of rotatable bonds is 6. The van der Waals surface area contributed by atoms with Gasteiger partial charge in [0.15, 0.2) is 9.84 Å². The summed E-state index contributed by atoms with van der Waals surface area (Å²) in [5, 5.41) is 11.5. The fourth-order valence-corrected chi connectivity index (χ4v) is 5.48. The lowest BCUT2D eigenvalue weighted by Crippen LogP contribution is -2.41. The molecule has 0 unspecified atom stereocenters. The first kappa shape index (κ1) is 23.2. The van der Waals surface area contributed by atoms with Crippen LogP contribution >= 0.6 is 0 Å².